The maximum Gasteiger partial charge on any atom is 0.150 e. The number of rotatable bonds is 1. The fourth-order valence-corrected chi connectivity index (χ4v) is 1.96. The quantitative estimate of drug-likeness (QED) is 0.480. The Balaban J connectivity index is 2.50. The number of fused-ring (bicyclic) bond motifs is 1. The third kappa shape index (κ3) is 1.14. The van der Waals surface area contributed by atoms with Crippen LogP contribution in [0.3, 0.4) is 0 Å². The van der Waals surface area contributed by atoms with Crippen molar-refractivity contribution in [2.45, 2.75) is 18.2 Å². The number of carbonyl (C=O) groups is 1. The Hall–Kier alpha value is -0.820. The monoisotopic (exact) mass is 180 g/mol. The number of aryl methyl sites for hydroxylation is 1. The molecule has 1 aliphatic carbocycles. The lowest BCUT2D eigenvalue weighted by Crippen LogP contribution is -1.87. The van der Waals surface area contributed by atoms with Crippen LogP contribution in [0.25, 0.3) is 0 Å². The van der Waals surface area contributed by atoms with Gasteiger partial charge in [-0.1, -0.05) is 12.1 Å². The van der Waals surface area contributed by atoms with E-state index in [2.05, 4.69) is 0 Å². The Morgan fingerprint density at radius 1 is 1.50 bits per heavy atom. The number of carbonyl (C=O) groups excluding carboxylic acids is 1. The van der Waals surface area contributed by atoms with Gasteiger partial charge in [0.15, 0.2) is 0 Å². The van der Waals surface area contributed by atoms with Gasteiger partial charge in [-0.3, -0.25) is 4.79 Å². The minimum atomic E-state index is 0.111. The van der Waals surface area contributed by atoms with Gasteiger partial charge in [-0.05, 0) is 30.0 Å². The molecule has 62 valence electrons. The van der Waals surface area contributed by atoms with Crippen molar-refractivity contribution in [3.63, 3.8) is 0 Å². The van der Waals surface area contributed by atoms with E-state index in [4.69, 9.17) is 11.6 Å². The molecule has 0 amide bonds. The van der Waals surface area contributed by atoms with Crippen LogP contribution in [-0.4, -0.2) is 6.29 Å². The van der Waals surface area contributed by atoms with E-state index in [-0.39, 0.29) is 5.38 Å². The summed E-state index contributed by atoms with van der Waals surface area (Å²) in [5.41, 5.74) is 3.16. The molecule has 0 aliphatic heterocycles. The molecule has 1 aliphatic rings. The molecule has 0 bridgehead atoms. The van der Waals surface area contributed by atoms with Crippen molar-refractivity contribution in [3.05, 3.63) is 34.9 Å². The highest BCUT2D eigenvalue weighted by Gasteiger charge is 2.19. The van der Waals surface area contributed by atoms with Crippen LogP contribution in [0.4, 0.5) is 0 Å². The zero-order chi connectivity index (χ0) is 8.55. The van der Waals surface area contributed by atoms with Crippen molar-refractivity contribution in [3.8, 4) is 0 Å². The Morgan fingerprint density at radius 2 is 2.33 bits per heavy atom. The lowest BCUT2D eigenvalue weighted by atomic mass is 10.1. The molecule has 1 atom stereocenters. The molecule has 0 aromatic heterocycles. The summed E-state index contributed by atoms with van der Waals surface area (Å²) in [5, 5.41) is 0.111. The molecule has 0 radical (unpaired) electrons. The zero-order valence-corrected chi connectivity index (χ0v) is 7.34. The standard InChI is InChI=1S/C10H9ClO/c11-10-4-3-8-2-1-7(6-12)5-9(8)10/h1-2,5-6,10H,3-4H2. The van der Waals surface area contributed by atoms with Crippen LogP contribution in [-0.2, 0) is 6.42 Å². The first-order valence-electron chi connectivity index (χ1n) is 4.03. The molecular weight excluding hydrogens is 172 g/mol. The van der Waals surface area contributed by atoms with Crippen LogP contribution in [0.2, 0.25) is 0 Å². The van der Waals surface area contributed by atoms with E-state index >= 15 is 0 Å². The van der Waals surface area contributed by atoms with E-state index in [1.807, 2.05) is 18.2 Å². The molecule has 1 unspecified atom stereocenters. The second-order valence-corrected chi connectivity index (χ2v) is 3.61. The van der Waals surface area contributed by atoms with Gasteiger partial charge in [0.25, 0.3) is 0 Å². The van der Waals surface area contributed by atoms with Crippen molar-refractivity contribution in [1.29, 1.82) is 0 Å². The number of aldehydes is 1. The fourth-order valence-electron chi connectivity index (χ4n) is 1.64. The summed E-state index contributed by atoms with van der Waals surface area (Å²) >= 11 is 6.06. The van der Waals surface area contributed by atoms with Gasteiger partial charge in [-0.25, -0.2) is 0 Å². The van der Waals surface area contributed by atoms with Crippen molar-refractivity contribution in [1.82, 2.24) is 0 Å². The second kappa shape index (κ2) is 2.91. The Kier molecular flexibility index (Phi) is 1.89. The molecule has 1 aromatic carbocycles. The predicted octanol–water partition coefficient (Wildman–Crippen LogP) is 2.73. The minimum Gasteiger partial charge on any atom is -0.298 e. The van der Waals surface area contributed by atoms with Gasteiger partial charge in [0.05, 0.1) is 5.38 Å². The molecule has 0 heterocycles. The van der Waals surface area contributed by atoms with E-state index in [0.717, 1.165) is 30.3 Å². The first-order chi connectivity index (χ1) is 5.81. The normalized spacial score (nSPS) is 20.6. The maximum absolute atomic E-state index is 10.5. The molecule has 0 saturated carbocycles. The van der Waals surface area contributed by atoms with E-state index < -0.39 is 0 Å². The Bertz CT molecular complexity index is 320. The largest absolute Gasteiger partial charge is 0.298 e. The van der Waals surface area contributed by atoms with Gasteiger partial charge in [0.1, 0.15) is 6.29 Å². The van der Waals surface area contributed by atoms with Crippen LogP contribution in [0, 0.1) is 0 Å². The smallest absolute Gasteiger partial charge is 0.150 e. The molecule has 0 spiro atoms. The summed E-state index contributed by atoms with van der Waals surface area (Å²) in [6, 6.07) is 5.75. The topological polar surface area (TPSA) is 17.1 Å². The van der Waals surface area contributed by atoms with Crippen LogP contribution in [0.15, 0.2) is 18.2 Å². The molecule has 1 aromatic rings. The summed E-state index contributed by atoms with van der Waals surface area (Å²) in [6.45, 7) is 0. The zero-order valence-electron chi connectivity index (χ0n) is 6.59. The van der Waals surface area contributed by atoms with Crippen molar-refractivity contribution in [2.75, 3.05) is 0 Å². The lowest BCUT2D eigenvalue weighted by Gasteiger charge is -2.02. The van der Waals surface area contributed by atoms with E-state index in [1.165, 1.54) is 5.56 Å². The van der Waals surface area contributed by atoms with Crippen molar-refractivity contribution >= 4 is 17.9 Å². The summed E-state index contributed by atoms with van der Waals surface area (Å²) < 4.78 is 0. The number of hydrogen-bond donors (Lipinski definition) is 0. The molecule has 0 fully saturated rings. The Labute approximate surface area is 76.4 Å². The number of hydrogen-bond acceptors (Lipinski definition) is 1. The van der Waals surface area contributed by atoms with E-state index in [9.17, 15) is 4.79 Å². The van der Waals surface area contributed by atoms with Gasteiger partial charge in [-0.15, -0.1) is 11.6 Å². The lowest BCUT2D eigenvalue weighted by molar-refractivity contribution is 0.112. The van der Waals surface area contributed by atoms with Gasteiger partial charge >= 0.3 is 0 Å². The third-order valence-electron chi connectivity index (χ3n) is 2.31. The van der Waals surface area contributed by atoms with Gasteiger partial charge < -0.3 is 0 Å². The Morgan fingerprint density at radius 3 is 3.08 bits per heavy atom. The van der Waals surface area contributed by atoms with E-state index in [0.29, 0.717) is 0 Å². The van der Waals surface area contributed by atoms with Crippen LogP contribution in [0.1, 0.15) is 33.3 Å². The highest BCUT2D eigenvalue weighted by Crippen LogP contribution is 2.36. The highest BCUT2D eigenvalue weighted by atomic mass is 35.5. The van der Waals surface area contributed by atoms with Crippen molar-refractivity contribution in [2.24, 2.45) is 0 Å². The third-order valence-corrected chi connectivity index (χ3v) is 2.76. The second-order valence-electron chi connectivity index (χ2n) is 3.08. The molecule has 0 N–H and O–H groups in total. The van der Waals surface area contributed by atoms with Crippen LogP contribution >= 0.6 is 11.6 Å². The van der Waals surface area contributed by atoms with Crippen LogP contribution in [0.5, 0.6) is 0 Å². The highest BCUT2D eigenvalue weighted by molar-refractivity contribution is 6.21. The fraction of sp³-hybridized carbons (Fsp3) is 0.300. The maximum atomic E-state index is 10.5. The predicted molar refractivity (Wildman–Crippen MR) is 48.7 cm³/mol. The molecule has 2 rings (SSSR count). The minimum absolute atomic E-state index is 0.111. The van der Waals surface area contributed by atoms with Gasteiger partial charge in [0.2, 0.25) is 0 Å². The van der Waals surface area contributed by atoms with Crippen LogP contribution < -0.4 is 0 Å². The number of halogens is 1. The molecule has 2 heteroatoms. The van der Waals surface area contributed by atoms with Gasteiger partial charge in [0, 0.05) is 5.56 Å². The number of benzene rings is 1. The SMILES string of the molecule is O=Cc1ccc2c(c1)C(Cl)CC2. The summed E-state index contributed by atoms with van der Waals surface area (Å²) in [5.74, 6) is 0. The molecule has 0 saturated heterocycles. The average Bonchev–Trinajstić information content (AvgIpc) is 2.47. The first-order valence-corrected chi connectivity index (χ1v) is 4.47. The van der Waals surface area contributed by atoms with Gasteiger partial charge in [-0.2, -0.15) is 0 Å². The molecule has 1 nitrogen and oxygen atoms in total. The van der Waals surface area contributed by atoms with Crippen molar-refractivity contribution < 1.29 is 4.79 Å². The average molecular weight is 181 g/mol. The molecule has 12 heavy (non-hydrogen) atoms. The van der Waals surface area contributed by atoms with E-state index in [1.54, 1.807) is 0 Å². The number of alkyl halides is 1. The summed E-state index contributed by atoms with van der Waals surface area (Å²) in [7, 11) is 0. The summed E-state index contributed by atoms with van der Waals surface area (Å²) in [4.78, 5) is 10.5. The molecular formula is C10H9ClO. The first kappa shape index (κ1) is 7.81. The summed E-state index contributed by atoms with van der Waals surface area (Å²) in [6.07, 6.45) is 2.91.